The highest BCUT2D eigenvalue weighted by atomic mass is 32.2. The van der Waals surface area contributed by atoms with Gasteiger partial charge in [0.15, 0.2) is 24.1 Å². The molecule has 7 nitrogen and oxygen atoms in total. The van der Waals surface area contributed by atoms with Gasteiger partial charge >= 0.3 is 17.9 Å². The van der Waals surface area contributed by atoms with Crippen LogP contribution in [-0.2, 0) is 28.6 Å². The fourth-order valence-electron chi connectivity index (χ4n) is 2.71. The van der Waals surface area contributed by atoms with E-state index in [1.165, 1.54) is 51.2 Å². The maximum absolute atomic E-state index is 11.7. The molecule has 4 atom stereocenters. The SMILES string of the molecule is CC(=O)O[C@@H]1[C@@H](OC(C)=O)[C@H](Sc2ccc(C(C)=O)cc2)SC[C@H]1OC(C)=O. The first kappa shape index (κ1) is 22.3. The van der Waals surface area contributed by atoms with Crippen LogP contribution in [0.1, 0.15) is 38.1 Å². The van der Waals surface area contributed by atoms with Crippen molar-refractivity contribution >= 4 is 47.2 Å². The lowest BCUT2D eigenvalue weighted by Gasteiger charge is -2.39. The van der Waals surface area contributed by atoms with Crippen LogP contribution in [0.4, 0.5) is 0 Å². The van der Waals surface area contributed by atoms with Gasteiger partial charge in [0.1, 0.15) is 0 Å². The normalized spacial score (nSPS) is 24.1. The smallest absolute Gasteiger partial charge is 0.303 e. The first-order valence-corrected chi connectivity index (χ1v) is 10.5. The van der Waals surface area contributed by atoms with E-state index in [0.717, 1.165) is 4.90 Å². The van der Waals surface area contributed by atoms with Crippen molar-refractivity contribution in [3.8, 4) is 0 Å². The van der Waals surface area contributed by atoms with Gasteiger partial charge in [-0.1, -0.05) is 12.1 Å². The van der Waals surface area contributed by atoms with Crippen molar-refractivity contribution in [3.63, 3.8) is 0 Å². The molecule has 0 unspecified atom stereocenters. The summed E-state index contributed by atoms with van der Waals surface area (Å²) in [5.41, 5.74) is 0.602. The van der Waals surface area contributed by atoms with Crippen LogP contribution in [0.3, 0.4) is 0 Å². The average molecular weight is 427 g/mol. The molecule has 9 heteroatoms. The Bertz CT molecular complexity index is 747. The number of esters is 3. The van der Waals surface area contributed by atoms with Gasteiger partial charge in [0.25, 0.3) is 0 Å². The van der Waals surface area contributed by atoms with Gasteiger partial charge in [0.05, 0.1) is 4.58 Å². The van der Waals surface area contributed by atoms with Crippen LogP contribution in [0.2, 0.25) is 0 Å². The Morgan fingerprint density at radius 2 is 1.39 bits per heavy atom. The predicted octanol–water partition coefficient (Wildman–Crippen LogP) is 2.85. The molecule has 0 radical (unpaired) electrons. The summed E-state index contributed by atoms with van der Waals surface area (Å²) in [6.45, 7) is 5.29. The zero-order valence-electron chi connectivity index (χ0n) is 16.0. The van der Waals surface area contributed by atoms with E-state index >= 15 is 0 Å². The van der Waals surface area contributed by atoms with Crippen LogP contribution in [0, 0.1) is 0 Å². The zero-order valence-corrected chi connectivity index (χ0v) is 17.6. The molecule has 0 aromatic heterocycles. The number of ether oxygens (including phenoxy) is 3. The van der Waals surface area contributed by atoms with Crippen LogP contribution in [0.15, 0.2) is 29.2 Å². The molecule has 1 aromatic carbocycles. The van der Waals surface area contributed by atoms with Crippen LogP contribution < -0.4 is 0 Å². The Kier molecular flexibility index (Phi) is 7.94. The molecule has 28 heavy (non-hydrogen) atoms. The van der Waals surface area contributed by atoms with Crippen molar-refractivity contribution in [2.24, 2.45) is 0 Å². The number of carbonyl (C=O) groups is 4. The van der Waals surface area contributed by atoms with E-state index in [4.69, 9.17) is 14.2 Å². The number of hydrogen-bond donors (Lipinski definition) is 0. The molecule has 0 saturated carbocycles. The molecule has 0 amide bonds. The topological polar surface area (TPSA) is 96.0 Å². The Hall–Kier alpha value is -2.00. The van der Waals surface area contributed by atoms with E-state index in [2.05, 4.69) is 0 Å². The molecule has 1 heterocycles. The van der Waals surface area contributed by atoms with Gasteiger partial charge in [0, 0.05) is 37.0 Å². The van der Waals surface area contributed by atoms with Gasteiger partial charge in [0.2, 0.25) is 0 Å². The first-order valence-electron chi connectivity index (χ1n) is 8.58. The van der Waals surface area contributed by atoms with E-state index < -0.39 is 36.2 Å². The minimum absolute atomic E-state index is 0.0273. The highest BCUT2D eigenvalue weighted by molar-refractivity contribution is 8.17. The van der Waals surface area contributed by atoms with Gasteiger partial charge in [-0.05, 0) is 19.1 Å². The summed E-state index contributed by atoms with van der Waals surface area (Å²) in [4.78, 5) is 47.0. The van der Waals surface area contributed by atoms with Crippen LogP contribution in [-0.4, -0.2) is 52.3 Å². The quantitative estimate of drug-likeness (QED) is 0.386. The second-order valence-corrected chi connectivity index (χ2v) is 8.88. The van der Waals surface area contributed by atoms with Crippen molar-refractivity contribution in [1.82, 2.24) is 0 Å². The van der Waals surface area contributed by atoms with E-state index in [1.807, 2.05) is 12.1 Å². The summed E-state index contributed by atoms with van der Waals surface area (Å²) in [7, 11) is 0. The average Bonchev–Trinajstić information content (AvgIpc) is 2.59. The third-order valence-corrected chi connectivity index (χ3v) is 6.68. The lowest BCUT2D eigenvalue weighted by molar-refractivity contribution is -0.180. The molecule has 152 valence electrons. The maximum atomic E-state index is 11.7. The second-order valence-electron chi connectivity index (χ2n) is 6.20. The fraction of sp³-hybridized carbons (Fsp3) is 0.474. The molecule has 1 fully saturated rings. The molecule has 1 aliphatic rings. The zero-order chi connectivity index (χ0) is 20.8. The van der Waals surface area contributed by atoms with Gasteiger partial charge < -0.3 is 14.2 Å². The molecular formula is C19H22O7S2. The summed E-state index contributed by atoms with van der Waals surface area (Å²) < 4.78 is 15.8. The predicted molar refractivity (Wildman–Crippen MR) is 105 cm³/mol. The Balaban J connectivity index is 2.25. The minimum atomic E-state index is -0.902. The lowest BCUT2D eigenvalue weighted by atomic mass is 10.1. The summed E-state index contributed by atoms with van der Waals surface area (Å²) in [5.74, 6) is -1.22. The Labute approximate surface area is 171 Å². The number of rotatable bonds is 6. The summed E-state index contributed by atoms with van der Waals surface area (Å²) in [6.07, 6.45) is -2.42. The van der Waals surface area contributed by atoms with Gasteiger partial charge in [-0.2, -0.15) is 0 Å². The minimum Gasteiger partial charge on any atom is -0.458 e. The van der Waals surface area contributed by atoms with Crippen LogP contribution in [0.25, 0.3) is 0 Å². The molecule has 1 saturated heterocycles. The Morgan fingerprint density at radius 1 is 0.857 bits per heavy atom. The van der Waals surface area contributed by atoms with Crippen molar-refractivity contribution < 1.29 is 33.4 Å². The van der Waals surface area contributed by atoms with Crippen molar-refractivity contribution in [3.05, 3.63) is 29.8 Å². The third-order valence-electron chi connectivity index (χ3n) is 3.82. The summed E-state index contributed by atoms with van der Waals surface area (Å²) in [6, 6.07) is 7.08. The van der Waals surface area contributed by atoms with Gasteiger partial charge in [-0.25, -0.2) is 0 Å². The number of hydrogen-bond acceptors (Lipinski definition) is 9. The molecule has 1 aromatic rings. The monoisotopic (exact) mass is 426 g/mol. The molecule has 2 rings (SSSR count). The lowest BCUT2D eigenvalue weighted by Crippen LogP contribution is -2.53. The van der Waals surface area contributed by atoms with E-state index in [0.29, 0.717) is 11.3 Å². The number of benzene rings is 1. The van der Waals surface area contributed by atoms with Gasteiger partial charge in [-0.3, -0.25) is 19.2 Å². The second kappa shape index (κ2) is 9.97. The van der Waals surface area contributed by atoms with Crippen molar-refractivity contribution in [2.45, 2.75) is 55.5 Å². The van der Waals surface area contributed by atoms with E-state index in [1.54, 1.807) is 12.1 Å². The van der Waals surface area contributed by atoms with Crippen molar-refractivity contribution in [1.29, 1.82) is 0 Å². The fourth-order valence-corrected chi connectivity index (χ4v) is 5.50. The van der Waals surface area contributed by atoms with Crippen LogP contribution >= 0.6 is 23.5 Å². The summed E-state index contributed by atoms with van der Waals surface area (Å²) >= 11 is 2.88. The number of Topliss-reactive ketones (excluding diaryl/α,β-unsaturated/α-hetero) is 1. The molecule has 0 bridgehead atoms. The van der Waals surface area contributed by atoms with E-state index in [9.17, 15) is 19.2 Å². The third kappa shape index (κ3) is 6.27. The van der Waals surface area contributed by atoms with Gasteiger partial charge in [-0.15, -0.1) is 23.5 Å². The summed E-state index contributed by atoms with van der Waals surface area (Å²) in [5, 5.41) is 0. The largest absolute Gasteiger partial charge is 0.458 e. The molecule has 0 aliphatic carbocycles. The Morgan fingerprint density at radius 3 is 1.89 bits per heavy atom. The van der Waals surface area contributed by atoms with Crippen molar-refractivity contribution in [2.75, 3.05) is 5.75 Å². The first-order chi connectivity index (χ1) is 13.2. The molecule has 0 spiro atoms. The van der Waals surface area contributed by atoms with E-state index in [-0.39, 0.29) is 10.4 Å². The standard InChI is InChI=1S/C19H22O7S2/c1-10(20)14-5-7-15(8-6-14)28-19-18(26-13(4)23)17(25-12(3)22)16(9-27-19)24-11(2)21/h5-8,16-19H,9H2,1-4H3/t16-,17+,18-,19+/m1/s1. The number of thioether (sulfide) groups is 2. The number of ketones is 1. The number of carbonyl (C=O) groups excluding carboxylic acids is 4. The molecular weight excluding hydrogens is 404 g/mol. The van der Waals surface area contributed by atoms with Crippen LogP contribution in [0.5, 0.6) is 0 Å². The molecule has 0 N–H and O–H groups in total. The molecule has 1 aliphatic heterocycles. The highest BCUT2D eigenvalue weighted by Gasteiger charge is 2.46. The highest BCUT2D eigenvalue weighted by Crippen LogP contribution is 2.41. The maximum Gasteiger partial charge on any atom is 0.303 e.